The highest BCUT2D eigenvalue weighted by atomic mass is 16.4. The Morgan fingerprint density at radius 3 is 2.18 bits per heavy atom. The predicted octanol–water partition coefficient (Wildman–Crippen LogP) is -0.990. The summed E-state index contributed by atoms with van der Waals surface area (Å²) in [5, 5.41) is 18.4. The molecule has 64 valence electrons. The number of hydrogen-bond donors (Lipinski definition) is 2. The lowest BCUT2D eigenvalue weighted by atomic mass is 10.5. The molecule has 0 bridgehead atoms. The van der Waals surface area contributed by atoms with E-state index in [-0.39, 0.29) is 6.03 Å². The average molecular weight is 160 g/mol. The first kappa shape index (κ1) is 8.29. The zero-order valence-corrected chi connectivity index (χ0v) is 6.56. The van der Waals surface area contributed by atoms with Gasteiger partial charge in [0, 0.05) is 13.6 Å². The average Bonchev–Trinajstić information content (AvgIpc) is 2.17. The van der Waals surface area contributed by atoms with E-state index in [0.717, 1.165) is 4.90 Å². The maximum Gasteiger partial charge on any atom is 0.324 e. The van der Waals surface area contributed by atoms with Crippen LogP contribution in [-0.4, -0.2) is 52.1 Å². The van der Waals surface area contributed by atoms with Crippen LogP contribution in [0.4, 0.5) is 4.79 Å². The van der Waals surface area contributed by atoms with Gasteiger partial charge in [-0.15, -0.1) is 0 Å². The monoisotopic (exact) mass is 160 g/mol. The highest BCUT2D eigenvalue weighted by Gasteiger charge is 2.40. The second-order valence-corrected chi connectivity index (χ2v) is 2.51. The predicted molar refractivity (Wildman–Crippen MR) is 37.6 cm³/mol. The van der Waals surface area contributed by atoms with Gasteiger partial charge >= 0.3 is 6.03 Å². The van der Waals surface area contributed by atoms with Crippen molar-refractivity contribution in [2.75, 3.05) is 13.6 Å². The first-order chi connectivity index (χ1) is 5.09. The van der Waals surface area contributed by atoms with E-state index in [9.17, 15) is 9.90 Å². The van der Waals surface area contributed by atoms with E-state index < -0.39 is 12.5 Å². The summed E-state index contributed by atoms with van der Waals surface area (Å²) >= 11 is 0. The number of nitrogens with zero attached hydrogens (tertiary/aromatic N) is 2. The summed E-state index contributed by atoms with van der Waals surface area (Å²) in [6.07, 6.45) is -2.18. The van der Waals surface area contributed by atoms with Crippen LogP contribution in [0.3, 0.4) is 0 Å². The molecule has 5 nitrogen and oxygen atoms in total. The molecule has 1 aliphatic heterocycles. The normalized spacial score (nSPS) is 31.8. The third kappa shape index (κ3) is 1.06. The van der Waals surface area contributed by atoms with Crippen LogP contribution in [0.25, 0.3) is 0 Å². The van der Waals surface area contributed by atoms with Crippen molar-refractivity contribution in [3.8, 4) is 0 Å². The van der Waals surface area contributed by atoms with Gasteiger partial charge in [-0.25, -0.2) is 4.79 Å². The summed E-state index contributed by atoms with van der Waals surface area (Å²) in [7, 11) is 1.45. The van der Waals surface area contributed by atoms with Gasteiger partial charge in [-0.1, -0.05) is 0 Å². The van der Waals surface area contributed by atoms with Crippen LogP contribution in [0.5, 0.6) is 0 Å². The SMILES string of the molecule is CCN1C(=O)N(C)C(O)C1O. The molecule has 2 atom stereocenters. The largest absolute Gasteiger partial charge is 0.369 e. The molecule has 2 amide bonds. The van der Waals surface area contributed by atoms with E-state index in [4.69, 9.17) is 5.11 Å². The summed E-state index contributed by atoms with van der Waals surface area (Å²) in [6, 6.07) is -0.340. The number of carbonyl (C=O) groups is 1. The molecule has 1 aliphatic rings. The van der Waals surface area contributed by atoms with E-state index in [2.05, 4.69) is 0 Å². The third-order valence-corrected chi connectivity index (χ3v) is 1.87. The van der Waals surface area contributed by atoms with Crippen molar-refractivity contribution < 1.29 is 15.0 Å². The second-order valence-electron chi connectivity index (χ2n) is 2.51. The molecule has 0 spiro atoms. The van der Waals surface area contributed by atoms with Crippen molar-refractivity contribution in [1.82, 2.24) is 9.80 Å². The van der Waals surface area contributed by atoms with Gasteiger partial charge in [0.25, 0.3) is 0 Å². The van der Waals surface area contributed by atoms with Crippen molar-refractivity contribution in [3.05, 3.63) is 0 Å². The van der Waals surface area contributed by atoms with E-state index >= 15 is 0 Å². The van der Waals surface area contributed by atoms with Gasteiger partial charge in [0.15, 0.2) is 12.5 Å². The fraction of sp³-hybridized carbons (Fsp3) is 0.833. The van der Waals surface area contributed by atoms with Crippen LogP contribution in [0.15, 0.2) is 0 Å². The zero-order valence-electron chi connectivity index (χ0n) is 6.56. The topological polar surface area (TPSA) is 64.0 Å². The molecule has 2 N–H and O–H groups in total. The van der Waals surface area contributed by atoms with Gasteiger partial charge in [0.1, 0.15) is 0 Å². The lowest BCUT2D eigenvalue weighted by Gasteiger charge is -2.16. The van der Waals surface area contributed by atoms with Crippen LogP contribution < -0.4 is 0 Å². The number of carbonyl (C=O) groups excluding carboxylic acids is 1. The number of aliphatic hydroxyl groups excluding tert-OH is 2. The molecule has 0 aliphatic carbocycles. The molecule has 0 saturated carbocycles. The van der Waals surface area contributed by atoms with Crippen molar-refractivity contribution in [3.63, 3.8) is 0 Å². The molecule has 1 saturated heterocycles. The standard InChI is InChI=1S/C6H12N2O3/c1-3-8-5(10)4(9)7(2)6(8)11/h4-5,9-10H,3H2,1-2H3. The lowest BCUT2D eigenvalue weighted by molar-refractivity contribution is -0.0596. The Labute approximate surface area is 64.8 Å². The maximum atomic E-state index is 11.1. The number of rotatable bonds is 1. The molecule has 1 heterocycles. The zero-order chi connectivity index (χ0) is 8.59. The molecule has 0 aromatic carbocycles. The fourth-order valence-electron chi connectivity index (χ4n) is 1.11. The van der Waals surface area contributed by atoms with E-state index in [1.54, 1.807) is 6.92 Å². The fourth-order valence-corrected chi connectivity index (χ4v) is 1.11. The minimum atomic E-state index is -1.09. The third-order valence-electron chi connectivity index (χ3n) is 1.87. The van der Waals surface area contributed by atoms with Crippen LogP contribution >= 0.6 is 0 Å². The van der Waals surface area contributed by atoms with Crippen LogP contribution in [-0.2, 0) is 0 Å². The lowest BCUT2D eigenvalue weighted by Crippen LogP contribution is -2.36. The van der Waals surface area contributed by atoms with Gasteiger partial charge in [-0.3, -0.25) is 9.80 Å². The Bertz CT molecular complexity index is 173. The van der Waals surface area contributed by atoms with Gasteiger partial charge in [-0.2, -0.15) is 0 Å². The number of aliphatic hydroxyl groups is 2. The summed E-state index contributed by atoms with van der Waals surface area (Å²) in [6.45, 7) is 2.15. The summed E-state index contributed by atoms with van der Waals surface area (Å²) < 4.78 is 0. The molecular weight excluding hydrogens is 148 g/mol. The molecule has 0 aromatic heterocycles. The highest BCUT2D eigenvalue weighted by molar-refractivity contribution is 5.76. The molecule has 0 aromatic rings. The Hall–Kier alpha value is -0.810. The summed E-state index contributed by atoms with van der Waals surface area (Å²) in [5.74, 6) is 0. The van der Waals surface area contributed by atoms with Crippen molar-refractivity contribution >= 4 is 6.03 Å². The number of hydrogen-bond acceptors (Lipinski definition) is 3. The van der Waals surface area contributed by atoms with E-state index in [0.29, 0.717) is 6.54 Å². The van der Waals surface area contributed by atoms with Crippen LogP contribution in [0, 0.1) is 0 Å². The molecule has 1 rings (SSSR count). The van der Waals surface area contributed by atoms with Gasteiger partial charge < -0.3 is 10.2 Å². The second kappa shape index (κ2) is 2.67. The number of likely N-dealkylation sites (N-methyl/N-ethyl adjacent to an activating group) is 2. The Morgan fingerprint density at radius 1 is 1.45 bits per heavy atom. The van der Waals surface area contributed by atoms with Crippen LogP contribution in [0.2, 0.25) is 0 Å². The Kier molecular flexibility index (Phi) is 2.01. The summed E-state index contributed by atoms with van der Waals surface area (Å²) in [5.41, 5.74) is 0. The molecule has 0 radical (unpaired) electrons. The smallest absolute Gasteiger partial charge is 0.324 e. The highest BCUT2D eigenvalue weighted by Crippen LogP contribution is 2.16. The summed E-state index contributed by atoms with van der Waals surface area (Å²) in [4.78, 5) is 13.4. The van der Waals surface area contributed by atoms with Crippen molar-refractivity contribution in [2.45, 2.75) is 19.4 Å². The van der Waals surface area contributed by atoms with Gasteiger partial charge in [0.05, 0.1) is 0 Å². The number of amides is 2. The quantitative estimate of drug-likeness (QED) is 0.517. The van der Waals surface area contributed by atoms with Gasteiger partial charge in [0.2, 0.25) is 0 Å². The van der Waals surface area contributed by atoms with Crippen LogP contribution in [0.1, 0.15) is 6.92 Å². The maximum absolute atomic E-state index is 11.1. The molecule has 11 heavy (non-hydrogen) atoms. The minimum absolute atomic E-state index is 0.340. The van der Waals surface area contributed by atoms with Crippen molar-refractivity contribution in [2.24, 2.45) is 0 Å². The van der Waals surface area contributed by atoms with E-state index in [1.807, 2.05) is 0 Å². The molecule has 5 heteroatoms. The van der Waals surface area contributed by atoms with Crippen molar-refractivity contribution in [1.29, 1.82) is 0 Å². The molecule has 1 fully saturated rings. The van der Waals surface area contributed by atoms with E-state index in [1.165, 1.54) is 11.9 Å². The molecular formula is C6H12N2O3. The number of urea groups is 1. The molecule has 2 unspecified atom stereocenters. The first-order valence-corrected chi connectivity index (χ1v) is 3.49. The Morgan fingerprint density at radius 2 is 2.00 bits per heavy atom. The Balaban J connectivity index is 2.77. The van der Waals surface area contributed by atoms with Gasteiger partial charge in [-0.05, 0) is 6.92 Å². The first-order valence-electron chi connectivity index (χ1n) is 3.49. The minimum Gasteiger partial charge on any atom is -0.369 e.